The highest BCUT2D eigenvalue weighted by Crippen LogP contribution is 2.25. The van der Waals surface area contributed by atoms with E-state index in [9.17, 15) is 10.1 Å². The van der Waals surface area contributed by atoms with E-state index in [0.29, 0.717) is 17.9 Å². The van der Waals surface area contributed by atoms with Crippen LogP contribution >= 0.6 is 15.9 Å². The van der Waals surface area contributed by atoms with Gasteiger partial charge in [0.1, 0.15) is 11.5 Å². The topological polar surface area (TPSA) is 56.3 Å². The van der Waals surface area contributed by atoms with Gasteiger partial charge in [-0.15, -0.1) is 0 Å². The van der Waals surface area contributed by atoms with Gasteiger partial charge >= 0.3 is 0 Å². The number of furan rings is 1. The Hall–Kier alpha value is -1.88. The highest BCUT2D eigenvalue weighted by Gasteiger charge is 2.11. The minimum Gasteiger partial charge on any atom is -0.456 e. The second kappa shape index (κ2) is 6.52. The van der Waals surface area contributed by atoms with E-state index >= 15 is 0 Å². The molecule has 0 aliphatic rings. The Balaban J connectivity index is 2.26. The van der Waals surface area contributed by atoms with Crippen molar-refractivity contribution in [3.05, 3.63) is 62.4 Å². The summed E-state index contributed by atoms with van der Waals surface area (Å²) in [4.78, 5) is 10.5. The van der Waals surface area contributed by atoms with Crippen molar-refractivity contribution in [2.24, 2.45) is 0 Å². The van der Waals surface area contributed by atoms with Crippen LogP contribution in [-0.4, -0.2) is 4.92 Å². The van der Waals surface area contributed by atoms with Crippen LogP contribution in [0.5, 0.6) is 0 Å². The quantitative estimate of drug-likeness (QED) is 0.562. The minimum absolute atomic E-state index is 0.171. The third kappa shape index (κ3) is 3.57. The van der Waals surface area contributed by atoms with Gasteiger partial charge < -0.3 is 4.42 Å². The molecule has 0 saturated heterocycles. The average molecular weight is 336 g/mol. The number of hydrogen-bond acceptors (Lipinski definition) is 3. The molecule has 0 fully saturated rings. The Morgan fingerprint density at radius 3 is 2.60 bits per heavy atom. The molecule has 20 heavy (non-hydrogen) atoms. The molecule has 0 saturated carbocycles. The van der Waals surface area contributed by atoms with Crippen molar-refractivity contribution in [1.29, 1.82) is 0 Å². The van der Waals surface area contributed by atoms with E-state index in [1.54, 1.807) is 6.07 Å². The summed E-state index contributed by atoms with van der Waals surface area (Å²) in [5.41, 5.74) is 1.11. The molecule has 0 amide bonds. The molecule has 1 aromatic heterocycles. The van der Waals surface area contributed by atoms with Crippen LogP contribution in [0.3, 0.4) is 0 Å². The summed E-state index contributed by atoms with van der Waals surface area (Å²) in [5.74, 6) is 1.20. The number of halogens is 1. The monoisotopic (exact) mass is 335 g/mol. The Morgan fingerprint density at radius 1 is 1.30 bits per heavy atom. The van der Waals surface area contributed by atoms with Crippen LogP contribution in [0.4, 0.5) is 0 Å². The van der Waals surface area contributed by atoms with E-state index < -0.39 is 0 Å². The molecule has 0 unspecified atom stereocenters. The lowest BCUT2D eigenvalue weighted by atomic mass is 10.2. The van der Waals surface area contributed by atoms with Crippen molar-refractivity contribution in [2.75, 3.05) is 0 Å². The average Bonchev–Trinajstić information content (AvgIpc) is 2.87. The molecule has 104 valence electrons. The van der Waals surface area contributed by atoms with Gasteiger partial charge in [0, 0.05) is 16.5 Å². The SMILES string of the molecule is CCCC(=Cc1ccc(-c2ccc(Br)cc2)o1)[N+](=O)[O-]. The van der Waals surface area contributed by atoms with Gasteiger partial charge in [-0.1, -0.05) is 35.0 Å². The van der Waals surface area contributed by atoms with Crippen LogP contribution in [-0.2, 0) is 0 Å². The molecule has 0 radical (unpaired) electrons. The van der Waals surface area contributed by atoms with Crippen molar-refractivity contribution in [2.45, 2.75) is 19.8 Å². The molecule has 0 aliphatic carbocycles. The van der Waals surface area contributed by atoms with E-state index in [-0.39, 0.29) is 10.6 Å². The van der Waals surface area contributed by atoms with E-state index in [2.05, 4.69) is 15.9 Å². The zero-order chi connectivity index (χ0) is 14.5. The first-order chi connectivity index (χ1) is 9.60. The number of nitrogens with zero attached hydrogens (tertiary/aromatic N) is 1. The molecule has 1 heterocycles. The third-order valence-corrected chi connectivity index (χ3v) is 3.33. The molecular formula is C15H14BrNO3. The summed E-state index contributed by atoms with van der Waals surface area (Å²) >= 11 is 3.37. The maximum Gasteiger partial charge on any atom is 0.249 e. The number of hydrogen-bond donors (Lipinski definition) is 0. The fourth-order valence-corrected chi connectivity index (χ4v) is 2.10. The minimum atomic E-state index is -0.356. The van der Waals surface area contributed by atoms with Gasteiger partial charge in [0.15, 0.2) is 0 Å². The molecule has 0 bridgehead atoms. The Kier molecular flexibility index (Phi) is 4.74. The standard InChI is InChI=1S/C15H14BrNO3/c1-2-3-13(17(18)19)10-14-8-9-15(20-14)11-4-6-12(16)7-5-11/h4-10H,2-3H2,1H3. The van der Waals surface area contributed by atoms with Crippen molar-refractivity contribution in [3.8, 4) is 11.3 Å². The molecule has 0 N–H and O–H groups in total. The first-order valence-corrected chi connectivity index (χ1v) is 7.10. The molecule has 1 aromatic carbocycles. The molecule has 4 nitrogen and oxygen atoms in total. The molecule has 2 aromatic rings. The second-order valence-corrected chi connectivity index (χ2v) is 5.27. The fraction of sp³-hybridized carbons (Fsp3) is 0.200. The van der Waals surface area contributed by atoms with Crippen LogP contribution in [0.1, 0.15) is 25.5 Å². The zero-order valence-corrected chi connectivity index (χ0v) is 12.6. The molecular weight excluding hydrogens is 322 g/mol. The summed E-state index contributed by atoms with van der Waals surface area (Å²) in [5, 5.41) is 10.9. The highest BCUT2D eigenvalue weighted by molar-refractivity contribution is 9.10. The fourth-order valence-electron chi connectivity index (χ4n) is 1.84. The van der Waals surface area contributed by atoms with Crippen molar-refractivity contribution >= 4 is 22.0 Å². The normalized spacial score (nSPS) is 11.6. The number of rotatable bonds is 5. The molecule has 5 heteroatoms. The summed E-state index contributed by atoms with van der Waals surface area (Å²) in [6.07, 6.45) is 2.65. The Labute approximate surface area is 125 Å². The Bertz CT molecular complexity index is 629. The van der Waals surface area contributed by atoms with Crippen molar-refractivity contribution in [3.63, 3.8) is 0 Å². The molecule has 2 rings (SSSR count). The van der Waals surface area contributed by atoms with Crippen LogP contribution in [0.2, 0.25) is 0 Å². The van der Waals surface area contributed by atoms with Gasteiger partial charge in [0.05, 0.1) is 11.0 Å². The molecule has 0 atom stereocenters. The summed E-state index contributed by atoms with van der Waals surface area (Å²) < 4.78 is 6.63. The predicted molar refractivity (Wildman–Crippen MR) is 81.7 cm³/mol. The lowest BCUT2D eigenvalue weighted by Gasteiger charge is -1.97. The van der Waals surface area contributed by atoms with Crippen LogP contribution in [0.25, 0.3) is 17.4 Å². The van der Waals surface area contributed by atoms with Gasteiger partial charge in [-0.25, -0.2) is 0 Å². The highest BCUT2D eigenvalue weighted by atomic mass is 79.9. The summed E-state index contributed by atoms with van der Waals surface area (Å²) in [6, 6.07) is 11.3. The smallest absolute Gasteiger partial charge is 0.249 e. The number of nitro groups is 1. The second-order valence-electron chi connectivity index (χ2n) is 4.35. The van der Waals surface area contributed by atoms with Gasteiger partial charge in [-0.3, -0.25) is 10.1 Å². The lowest BCUT2D eigenvalue weighted by molar-refractivity contribution is -0.426. The van der Waals surface area contributed by atoms with E-state index in [1.807, 2.05) is 37.3 Å². The zero-order valence-electron chi connectivity index (χ0n) is 11.0. The van der Waals surface area contributed by atoms with Gasteiger partial charge in [-0.05, 0) is 30.7 Å². The third-order valence-electron chi connectivity index (χ3n) is 2.81. The van der Waals surface area contributed by atoms with Crippen molar-refractivity contribution < 1.29 is 9.34 Å². The van der Waals surface area contributed by atoms with E-state index in [0.717, 1.165) is 16.5 Å². The maximum atomic E-state index is 10.9. The van der Waals surface area contributed by atoms with E-state index in [1.165, 1.54) is 6.08 Å². The maximum absolute atomic E-state index is 10.9. The first-order valence-electron chi connectivity index (χ1n) is 6.31. The van der Waals surface area contributed by atoms with Crippen LogP contribution in [0, 0.1) is 10.1 Å². The summed E-state index contributed by atoms with van der Waals surface area (Å²) in [7, 11) is 0. The molecule has 0 spiro atoms. The van der Waals surface area contributed by atoms with Crippen molar-refractivity contribution in [1.82, 2.24) is 0 Å². The lowest BCUT2D eigenvalue weighted by Crippen LogP contribution is -1.97. The van der Waals surface area contributed by atoms with Crippen LogP contribution in [0.15, 0.2) is 51.0 Å². The van der Waals surface area contributed by atoms with Gasteiger partial charge in [0.25, 0.3) is 0 Å². The van der Waals surface area contributed by atoms with E-state index in [4.69, 9.17) is 4.42 Å². The Morgan fingerprint density at radius 2 is 2.00 bits per heavy atom. The first kappa shape index (κ1) is 14.5. The number of benzene rings is 1. The number of allylic oxidation sites excluding steroid dienone is 1. The largest absolute Gasteiger partial charge is 0.456 e. The molecule has 0 aliphatic heterocycles. The van der Waals surface area contributed by atoms with Gasteiger partial charge in [0.2, 0.25) is 5.70 Å². The summed E-state index contributed by atoms with van der Waals surface area (Å²) in [6.45, 7) is 1.91. The predicted octanol–water partition coefficient (Wildman–Crippen LogP) is 5.13. The van der Waals surface area contributed by atoms with Gasteiger partial charge in [-0.2, -0.15) is 0 Å². The van der Waals surface area contributed by atoms with Crippen LogP contribution < -0.4 is 0 Å².